The van der Waals surface area contributed by atoms with E-state index in [9.17, 15) is 14.0 Å². The molecular weight excluding hydrogens is 381 g/mol. The van der Waals surface area contributed by atoms with Crippen molar-refractivity contribution in [2.75, 3.05) is 19.6 Å². The fraction of sp³-hybridized carbons (Fsp3) is 0.619. The first-order valence-electron chi connectivity index (χ1n) is 10.3. The minimum atomic E-state index is -0.612. The van der Waals surface area contributed by atoms with Gasteiger partial charge in [0.15, 0.2) is 0 Å². The number of amides is 2. The smallest absolute Gasteiger partial charge is 0.237 e. The summed E-state index contributed by atoms with van der Waals surface area (Å²) in [6, 6.07) is 3.94. The Kier molecular flexibility index (Phi) is 7.68. The third-order valence-electron chi connectivity index (χ3n) is 5.83. The van der Waals surface area contributed by atoms with E-state index in [4.69, 9.17) is 11.6 Å². The van der Waals surface area contributed by atoms with E-state index in [0.29, 0.717) is 30.2 Å². The van der Waals surface area contributed by atoms with Crippen LogP contribution in [0.15, 0.2) is 18.2 Å². The number of rotatable bonds is 8. The summed E-state index contributed by atoms with van der Waals surface area (Å²) in [4.78, 5) is 26.5. The summed E-state index contributed by atoms with van der Waals surface area (Å²) < 4.78 is 14.1. The Bertz CT molecular complexity index is 674. The number of carbonyl (C=O) groups is 2. The number of benzene rings is 1. The molecule has 154 valence electrons. The molecule has 2 aliphatic rings. The topological polar surface area (TPSA) is 61.4 Å². The fourth-order valence-electron chi connectivity index (χ4n) is 4.23. The van der Waals surface area contributed by atoms with Gasteiger partial charge in [0, 0.05) is 36.8 Å². The Morgan fingerprint density at radius 3 is 2.86 bits per heavy atom. The highest BCUT2D eigenvalue weighted by molar-refractivity contribution is 6.31. The van der Waals surface area contributed by atoms with Gasteiger partial charge in [-0.3, -0.25) is 14.5 Å². The highest BCUT2D eigenvalue weighted by Crippen LogP contribution is 2.28. The molecule has 1 saturated carbocycles. The molecule has 0 bridgehead atoms. The fourth-order valence-corrected chi connectivity index (χ4v) is 4.45. The molecule has 0 aromatic heterocycles. The van der Waals surface area contributed by atoms with Crippen molar-refractivity contribution in [1.29, 1.82) is 0 Å². The van der Waals surface area contributed by atoms with Crippen molar-refractivity contribution in [3.63, 3.8) is 0 Å². The number of carbonyl (C=O) groups excluding carboxylic acids is 2. The van der Waals surface area contributed by atoms with Gasteiger partial charge in [-0.2, -0.15) is 0 Å². The average Bonchev–Trinajstić information content (AvgIpc) is 3.18. The Hall–Kier alpha value is -1.66. The molecule has 7 heteroatoms. The lowest BCUT2D eigenvalue weighted by Gasteiger charge is -2.35. The second-order valence-corrected chi connectivity index (χ2v) is 8.23. The molecule has 0 radical (unpaired) electrons. The molecule has 0 unspecified atom stereocenters. The molecular formula is C21H29ClFN3O2. The summed E-state index contributed by atoms with van der Waals surface area (Å²) in [6.45, 7) is 1.88. The first-order chi connectivity index (χ1) is 13.5. The van der Waals surface area contributed by atoms with Gasteiger partial charge in [-0.25, -0.2) is 4.39 Å². The SMILES string of the molecule is O=C(C[C@H]1C(=O)NCCN1Cc1c(F)cccc1Cl)NCCCC1CCCC1. The third-order valence-corrected chi connectivity index (χ3v) is 6.18. The van der Waals surface area contributed by atoms with Crippen LogP contribution in [0.5, 0.6) is 0 Å². The monoisotopic (exact) mass is 409 g/mol. The Balaban J connectivity index is 1.51. The molecule has 2 N–H and O–H groups in total. The number of nitrogens with zero attached hydrogens (tertiary/aromatic N) is 1. The molecule has 1 aliphatic heterocycles. The highest BCUT2D eigenvalue weighted by atomic mass is 35.5. The van der Waals surface area contributed by atoms with E-state index in [1.54, 1.807) is 12.1 Å². The van der Waals surface area contributed by atoms with E-state index in [0.717, 1.165) is 18.8 Å². The molecule has 5 nitrogen and oxygen atoms in total. The summed E-state index contributed by atoms with van der Waals surface area (Å²) in [5, 5.41) is 6.07. The molecule has 3 rings (SSSR count). The predicted octanol–water partition coefficient (Wildman–Crippen LogP) is 3.26. The van der Waals surface area contributed by atoms with Crippen molar-refractivity contribution < 1.29 is 14.0 Å². The lowest BCUT2D eigenvalue weighted by atomic mass is 10.0. The zero-order valence-corrected chi connectivity index (χ0v) is 16.9. The van der Waals surface area contributed by atoms with Crippen LogP contribution in [0.25, 0.3) is 0 Å². The summed E-state index contributed by atoms with van der Waals surface area (Å²) in [6.07, 6.45) is 7.48. The maximum atomic E-state index is 14.1. The van der Waals surface area contributed by atoms with Crippen LogP contribution in [-0.2, 0) is 16.1 Å². The molecule has 28 heavy (non-hydrogen) atoms. The normalized spacial score (nSPS) is 20.9. The standard InChI is InChI=1S/C21H29ClFN3O2/c22-17-8-3-9-18(23)16(17)14-26-12-11-25-21(28)19(26)13-20(27)24-10-4-7-15-5-1-2-6-15/h3,8-9,15,19H,1-2,4-7,10-14H2,(H,24,27)(H,25,28)/t19-/m0/s1. The van der Waals surface area contributed by atoms with Crippen LogP contribution in [0.2, 0.25) is 5.02 Å². The first-order valence-corrected chi connectivity index (χ1v) is 10.6. The van der Waals surface area contributed by atoms with Crippen LogP contribution in [0.1, 0.15) is 50.5 Å². The van der Waals surface area contributed by atoms with Crippen molar-refractivity contribution >= 4 is 23.4 Å². The van der Waals surface area contributed by atoms with E-state index in [1.807, 2.05) is 4.90 Å². The van der Waals surface area contributed by atoms with Crippen molar-refractivity contribution in [2.24, 2.45) is 5.92 Å². The van der Waals surface area contributed by atoms with E-state index in [1.165, 1.54) is 31.7 Å². The lowest BCUT2D eigenvalue weighted by molar-refractivity contribution is -0.134. The van der Waals surface area contributed by atoms with E-state index < -0.39 is 11.9 Å². The summed E-state index contributed by atoms with van der Waals surface area (Å²) in [5.41, 5.74) is 0.362. The van der Waals surface area contributed by atoms with E-state index in [-0.39, 0.29) is 24.8 Å². The number of hydrogen-bond acceptors (Lipinski definition) is 3. The Morgan fingerprint density at radius 2 is 2.11 bits per heavy atom. The van der Waals surface area contributed by atoms with E-state index in [2.05, 4.69) is 10.6 Å². The Labute approximate surface area is 171 Å². The van der Waals surface area contributed by atoms with Gasteiger partial charge in [0.1, 0.15) is 5.82 Å². The summed E-state index contributed by atoms with van der Waals surface area (Å²) >= 11 is 6.13. The predicted molar refractivity (Wildman–Crippen MR) is 107 cm³/mol. The van der Waals surface area contributed by atoms with Gasteiger partial charge in [0.2, 0.25) is 11.8 Å². The maximum Gasteiger partial charge on any atom is 0.237 e. The molecule has 1 aromatic carbocycles. The molecule has 2 amide bonds. The molecule has 1 aliphatic carbocycles. The van der Waals surface area contributed by atoms with Gasteiger partial charge < -0.3 is 10.6 Å². The second kappa shape index (κ2) is 10.2. The minimum Gasteiger partial charge on any atom is -0.356 e. The van der Waals surface area contributed by atoms with Crippen LogP contribution in [0.4, 0.5) is 4.39 Å². The van der Waals surface area contributed by atoms with Gasteiger partial charge in [0.05, 0.1) is 12.5 Å². The van der Waals surface area contributed by atoms with E-state index >= 15 is 0 Å². The van der Waals surface area contributed by atoms with Crippen LogP contribution >= 0.6 is 11.6 Å². The van der Waals surface area contributed by atoms with Crippen LogP contribution in [0, 0.1) is 11.7 Å². The highest BCUT2D eigenvalue weighted by Gasteiger charge is 2.32. The lowest BCUT2D eigenvalue weighted by Crippen LogP contribution is -2.56. The van der Waals surface area contributed by atoms with Crippen molar-refractivity contribution in [1.82, 2.24) is 15.5 Å². The van der Waals surface area contributed by atoms with Crippen LogP contribution in [0.3, 0.4) is 0 Å². The molecule has 0 spiro atoms. The number of hydrogen-bond donors (Lipinski definition) is 2. The number of nitrogens with one attached hydrogen (secondary N) is 2. The van der Waals surface area contributed by atoms with Crippen molar-refractivity contribution in [3.05, 3.63) is 34.6 Å². The maximum absolute atomic E-state index is 14.1. The largest absolute Gasteiger partial charge is 0.356 e. The first kappa shape index (κ1) is 21.1. The average molecular weight is 410 g/mol. The zero-order valence-electron chi connectivity index (χ0n) is 16.2. The number of halogens is 2. The molecule has 1 saturated heterocycles. The summed E-state index contributed by atoms with van der Waals surface area (Å²) in [7, 11) is 0. The third kappa shape index (κ3) is 5.67. The molecule has 2 fully saturated rings. The second-order valence-electron chi connectivity index (χ2n) is 7.82. The van der Waals surface area contributed by atoms with Gasteiger partial charge in [-0.1, -0.05) is 43.4 Å². The van der Waals surface area contributed by atoms with Crippen LogP contribution < -0.4 is 10.6 Å². The van der Waals surface area contributed by atoms with Crippen molar-refractivity contribution in [3.8, 4) is 0 Å². The number of piperazine rings is 1. The van der Waals surface area contributed by atoms with Gasteiger partial charge in [-0.15, -0.1) is 0 Å². The van der Waals surface area contributed by atoms with Gasteiger partial charge in [-0.05, 0) is 30.9 Å². The van der Waals surface area contributed by atoms with Crippen molar-refractivity contribution in [2.45, 2.75) is 57.5 Å². The zero-order chi connectivity index (χ0) is 19.9. The molecule has 1 aromatic rings. The Morgan fingerprint density at radius 1 is 1.32 bits per heavy atom. The summed E-state index contributed by atoms with van der Waals surface area (Å²) in [5.74, 6) is 0.0774. The quantitative estimate of drug-likeness (QED) is 0.648. The van der Waals surface area contributed by atoms with Gasteiger partial charge in [0.25, 0.3) is 0 Å². The van der Waals surface area contributed by atoms with Crippen LogP contribution in [-0.4, -0.2) is 42.4 Å². The van der Waals surface area contributed by atoms with Gasteiger partial charge >= 0.3 is 0 Å². The molecule has 1 heterocycles. The molecule has 1 atom stereocenters. The minimum absolute atomic E-state index is 0.0708.